The number of aromatic nitrogens is 1. The molecule has 0 fully saturated rings. The predicted octanol–water partition coefficient (Wildman–Crippen LogP) is 4.91. The fourth-order valence-corrected chi connectivity index (χ4v) is 2.30. The number of amides is 1. The van der Waals surface area contributed by atoms with Gasteiger partial charge in [0, 0.05) is 23.7 Å². The third-order valence-electron chi connectivity index (χ3n) is 3.67. The maximum absolute atomic E-state index is 12.1. The highest BCUT2D eigenvalue weighted by molar-refractivity contribution is 6.02. The van der Waals surface area contributed by atoms with E-state index in [1.54, 1.807) is 12.1 Å². The zero-order valence-electron chi connectivity index (χ0n) is 14.0. The number of nitrogens with zero attached hydrogens (tertiary/aromatic N) is 1. The lowest BCUT2D eigenvalue weighted by Crippen LogP contribution is -2.07. The molecule has 0 aliphatic carbocycles. The smallest absolute Gasteiger partial charge is 0.248 e. The van der Waals surface area contributed by atoms with Crippen molar-refractivity contribution < 1.29 is 9.21 Å². The largest absolute Gasteiger partial charge is 0.440 e. The van der Waals surface area contributed by atoms with Crippen LogP contribution in [0.2, 0.25) is 0 Å². The molecule has 4 heteroatoms. The van der Waals surface area contributed by atoms with Gasteiger partial charge in [-0.15, -0.1) is 0 Å². The third kappa shape index (κ3) is 3.71. The normalized spacial score (nSPS) is 11.5. The van der Waals surface area contributed by atoms with Crippen molar-refractivity contribution in [3.63, 3.8) is 0 Å². The zero-order valence-corrected chi connectivity index (χ0v) is 14.0. The number of anilines is 1. The average molecular weight is 320 g/mol. The van der Waals surface area contributed by atoms with Gasteiger partial charge in [0.2, 0.25) is 5.91 Å². The number of nitrogens with one attached hydrogen (secondary N) is 1. The van der Waals surface area contributed by atoms with Gasteiger partial charge in [-0.3, -0.25) is 4.79 Å². The molecule has 0 aliphatic heterocycles. The maximum Gasteiger partial charge on any atom is 0.248 e. The Morgan fingerprint density at radius 3 is 2.62 bits per heavy atom. The zero-order chi connectivity index (χ0) is 17.1. The molecule has 0 saturated carbocycles. The number of hydrogen-bond donors (Lipinski definition) is 1. The molecule has 0 radical (unpaired) electrons. The minimum atomic E-state index is -0.182. The van der Waals surface area contributed by atoms with Crippen LogP contribution in [0.3, 0.4) is 0 Å². The molecule has 0 bridgehead atoms. The molecule has 3 aromatic rings. The van der Waals surface area contributed by atoms with Crippen LogP contribution in [0.25, 0.3) is 17.2 Å². The van der Waals surface area contributed by atoms with E-state index in [-0.39, 0.29) is 11.8 Å². The molecule has 0 spiro atoms. The summed E-state index contributed by atoms with van der Waals surface area (Å²) >= 11 is 0. The molecular formula is C20H20N2O2. The number of fused-ring (bicyclic) bond motifs is 1. The summed E-state index contributed by atoms with van der Waals surface area (Å²) < 4.78 is 5.71. The first-order chi connectivity index (χ1) is 11.5. The van der Waals surface area contributed by atoms with E-state index in [1.807, 2.05) is 57.2 Å². The van der Waals surface area contributed by atoms with Gasteiger partial charge in [-0.05, 0) is 30.7 Å². The number of carbonyl (C=O) groups excluding carboxylic acids is 1. The van der Waals surface area contributed by atoms with Crippen LogP contribution in [-0.4, -0.2) is 10.9 Å². The summed E-state index contributed by atoms with van der Waals surface area (Å²) in [4.78, 5) is 16.5. The van der Waals surface area contributed by atoms with Crippen LogP contribution in [0.4, 0.5) is 5.69 Å². The van der Waals surface area contributed by atoms with Crippen molar-refractivity contribution in [2.24, 2.45) is 0 Å². The molecule has 1 amide bonds. The summed E-state index contributed by atoms with van der Waals surface area (Å²) in [6.45, 7) is 6.09. The van der Waals surface area contributed by atoms with Crippen molar-refractivity contribution in [2.75, 3.05) is 5.32 Å². The van der Waals surface area contributed by atoms with E-state index in [0.717, 1.165) is 11.1 Å². The monoisotopic (exact) mass is 320 g/mol. The molecule has 4 nitrogen and oxygen atoms in total. The number of aryl methyl sites for hydroxylation is 1. The quantitative estimate of drug-likeness (QED) is 0.695. The maximum atomic E-state index is 12.1. The van der Waals surface area contributed by atoms with Crippen LogP contribution in [0.15, 0.2) is 53.0 Å². The van der Waals surface area contributed by atoms with Crippen molar-refractivity contribution in [1.82, 2.24) is 4.98 Å². The van der Waals surface area contributed by atoms with Gasteiger partial charge in [0.25, 0.3) is 0 Å². The topological polar surface area (TPSA) is 55.1 Å². The van der Waals surface area contributed by atoms with E-state index in [4.69, 9.17) is 4.42 Å². The number of carbonyl (C=O) groups is 1. The molecule has 3 rings (SSSR count). The van der Waals surface area contributed by atoms with E-state index < -0.39 is 0 Å². The van der Waals surface area contributed by atoms with Crippen LogP contribution in [-0.2, 0) is 4.79 Å². The predicted molar refractivity (Wildman–Crippen MR) is 96.9 cm³/mol. The Hall–Kier alpha value is -2.88. The molecule has 0 aliphatic rings. The van der Waals surface area contributed by atoms with E-state index in [1.165, 1.54) is 11.6 Å². The van der Waals surface area contributed by atoms with Crippen molar-refractivity contribution in [3.05, 3.63) is 65.6 Å². The van der Waals surface area contributed by atoms with Crippen LogP contribution in [0.1, 0.15) is 36.8 Å². The highest BCUT2D eigenvalue weighted by atomic mass is 16.3. The standard InChI is InChI=1S/C20H20N2O2/c1-13(2)20-22-17-10-9-16(12-18(17)24-20)21-19(23)11-8-15-6-4-14(3)5-7-15/h4-13H,1-3H3,(H,21,23)/b11-8+. The van der Waals surface area contributed by atoms with Crippen molar-refractivity contribution in [1.29, 1.82) is 0 Å². The molecule has 0 saturated heterocycles. The molecule has 0 unspecified atom stereocenters. The molecular weight excluding hydrogens is 300 g/mol. The van der Waals surface area contributed by atoms with Gasteiger partial charge < -0.3 is 9.73 Å². The van der Waals surface area contributed by atoms with Crippen LogP contribution >= 0.6 is 0 Å². The van der Waals surface area contributed by atoms with E-state index in [9.17, 15) is 4.79 Å². The van der Waals surface area contributed by atoms with Gasteiger partial charge in [0.15, 0.2) is 11.5 Å². The molecule has 1 aromatic heterocycles. The first-order valence-electron chi connectivity index (χ1n) is 7.97. The minimum Gasteiger partial charge on any atom is -0.440 e. The second-order valence-electron chi connectivity index (χ2n) is 6.12. The molecule has 122 valence electrons. The van der Waals surface area contributed by atoms with Crippen molar-refractivity contribution in [3.8, 4) is 0 Å². The average Bonchev–Trinajstić information content (AvgIpc) is 2.98. The molecule has 1 heterocycles. The van der Waals surface area contributed by atoms with E-state index in [0.29, 0.717) is 17.2 Å². The lowest BCUT2D eigenvalue weighted by Gasteiger charge is -2.01. The fourth-order valence-electron chi connectivity index (χ4n) is 2.30. The lowest BCUT2D eigenvalue weighted by molar-refractivity contribution is -0.111. The Morgan fingerprint density at radius 1 is 1.17 bits per heavy atom. The first kappa shape index (κ1) is 16.0. The Bertz CT molecular complexity index is 890. The summed E-state index contributed by atoms with van der Waals surface area (Å²) in [5.41, 5.74) is 4.35. The summed E-state index contributed by atoms with van der Waals surface area (Å²) in [7, 11) is 0. The van der Waals surface area contributed by atoms with Crippen LogP contribution < -0.4 is 5.32 Å². The number of hydrogen-bond acceptors (Lipinski definition) is 3. The summed E-state index contributed by atoms with van der Waals surface area (Å²) in [5.74, 6) is 0.749. The molecule has 0 atom stereocenters. The number of benzene rings is 2. The van der Waals surface area contributed by atoms with Gasteiger partial charge in [0.1, 0.15) is 5.52 Å². The van der Waals surface area contributed by atoms with Gasteiger partial charge >= 0.3 is 0 Å². The van der Waals surface area contributed by atoms with Crippen molar-refractivity contribution >= 4 is 28.8 Å². The van der Waals surface area contributed by atoms with Crippen molar-refractivity contribution in [2.45, 2.75) is 26.7 Å². The fraction of sp³-hybridized carbons (Fsp3) is 0.200. The summed E-state index contributed by atoms with van der Waals surface area (Å²) in [6, 6.07) is 13.5. The van der Waals surface area contributed by atoms with Crippen LogP contribution in [0.5, 0.6) is 0 Å². The van der Waals surface area contributed by atoms with E-state index >= 15 is 0 Å². The third-order valence-corrected chi connectivity index (χ3v) is 3.67. The summed E-state index contributed by atoms with van der Waals surface area (Å²) in [5, 5.41) is 2.84. The molecule has 24 heavy (non-hydrogen) atoms. The Labute approximate surface area is 141 Å². The second-order valence-corrected chi connectivity index (χ2v) is 6.12. The number of rotatable bonds is 4. The Balaban J connectivity index is 1.71. The van der Waals surface area contributed by atoms with Gasteiger partial charge in [0.05, 0.1) is 0 Å². The van der Waals surface area contributed by atoms with E-state index in [2.05, 4.69) is 10.3 Å². The first-order valence-corrected chi connectivity index (χ1v) is 7.97. The lowest BCUT2D eigenvalue weighted by atomic mass is 10.1. The second kappa shape index (κ2) is 6.71. The highest BCUT2D eigenvalue weighted by Crippen LogP contribution is 2.23. The molecule has 2 aromatic carbocycles. The van der Waals surface area contributed by atoms with Crippen LogP contribution in [0, 0.1) is 6.92 Å². The minimum absolute atomic E-state index is 0.182. The SMILES string of the molecule is Cc1ccc(/C=C/C(=O)Nc2ccc3nc(C(C)C)oc3c2)cc1. The highest BCUT2D eigenvalue weighted by Gasteiger charge is 2.10. The summed E-state index contributed by atoms with van der Waals surface area (Å²) in [6.07, 6.45) is 3.31. The van der Waals surface area contributed by atoms with Gasteiger partial charge in [-0.25, -0.2) is 4.98 Å². The van der Waals surface area contributed by atoms with Gasteiger partial charge in [-0.2, -0.15) is 0 Å². The Morgan fingerprint density at radius 2 is 1.92 bits per heavy atom. The van der Waals surface area contributed by atoms with Gasteiger partial charge in [-0.1, -0.05) is 43.7 Å². The molecule has 1 N–H and O–H groups in total. The number of oxazole rings is 1. The Kier molecular flexibility index (Phi) is 4.47.